The summed E-state index contributed by atoms with van der Waals surface area (Å²) >= 11 is 6.01. The fourth-order valence-corrected chi connectivity index (χ4v) is 6.64. The number of aliphatic carboxylic acids is 1. The summed E-state index contributed by atoms with van der Waals surface area (Å²) in [5, 5.41) is 13.2. The molecule has 3 aromatic rings. The summed E-state index contributed by atoms with van der Waals surface area (Å²) < 4.78 is 5.60. The maximum absolute atomic E-state index is 12.7. The van der Waals surface area contributed by atoms with Crippen LogP contribution in [0.15, 0.2) is 72.8 Å². The van der Waals surface area contributed by atoms with E-state index < -0.39 is 23.5 Å². The van der Waals surface area contributed by atoms with Crippen molar-refractivity contribution < 1.29 is 19.4 Å². The van der Waals surface area contributed by atoms with Crippen LogP contribution in [0.5, 0.6) is 0 Å². The normalized spacial score (nSPS) is 24.7. The van der Waals surface area contributed by atoms with Gasteiger partial charge in [0.2, 0.25) is 0 Å². The molecule has 0 saturated heterocycles. The van der Waals surface area contributed by atoms with Gasteiger partial charge in [-0.3, -0.25) is 0 Å². The van der Waals surface area contributed by atoms with Gasteiger partial charge in [-0.25, -0.2) is 9.59 Å². The molecule has 3 saturated carbocycles. The van der Waals surface area contributed by atoms with Crippen LogP contribution in [0.3, 0.4) is 0 Å². The second-order valence-electron chi connectivity index (χ2n) is 9.92. The number of amides is 1. The third kappa shape index (κ3) is 3.14. The van der Waals surface area contributed by atoms with Crippen LogP contribution in [0.4, 0.5) is 4.79 Å². The van der Waals surface area contributed by atoms with E-state index in [1.165, 1.54) is 5.56 Å². The molecule has 5 nitrogen and oxygen atoms in total. The Hall–Kier alpha value is -3.31. The van der Waals surface area contributed by atoms with Crippen molar-refractivity contribution in [2.24, 2.45) is 5.41 Å². The maximum atomic E-state index is 12.7. The third-order valence-corrected chi connectivity index (χ3v) is 8.25. The molecule has 2 N–H and O–H groups in total. The molecule has 6 heteroatoms. The number of carbonyl (C=O) groups excluding carboxylic acids is 1. The van der Waals surface area contributed by atoms with Crippen LogP contribution < -0.4 is 5.32 Å². The van der Waals surface area contributed by atoms with Gasteiger partial charge in [0.15, 0.2) is 0 Å². The zero-order valence-electron chi connectivity index (χ0n) is 18.5. The summed E-state index contributed by atoms with van der Waals surface area (Å²) in [5.74, 6) is -1.08. The van der Waals surface area contributed by atoms with Gasteiger partial charge in [0.25, 0.3) is 0 Å². The highest BCUT2D eigenvalue weighted by Crippen LogP contribution is 2.75. The minimum atomic E-state index is -1.02. The smallest absolute Gasteiger partial charge is 0.407 e. The lowest BCUT2D eigenvalue weighted by atomic mass is 9.31. The maximum Gasteiger partial charge on any atom is 0.407 e. The highest BCUT2D eigenvalue weighted by Gasteiger charge is 2.72. The van der Waals surface area contributed by atoms with Crippen LogP contribution in [0, 0.1) is 5.41 Å². The first kappa shape index (κ1) is 21.2. The van der Waals surface area contributed by atoms with Crippen LogP contribution >= 0.6 is 11.6 Å². The van der Waals surface area contributed by atoms with E-state index in [0.717, 1.165) is 41.5 Å². The van der Waals surface area contributed by atoms with E-state index in [1.807, 2.05) is 48.5 Å². The number of hydrogen-bond acceptors (Lipinski definition) is 3. The lowest BCUT2D eigenvalue weighted by molar-refractivity contribution is -0.183. The van der Waals surface area contributed by atoms with E-state index in [-0.39, 0.29) is 17.9 Å². The Bertz CT molecular complexity index is 1240. The number of nitrogens with one attached hydrogen (secondary N) is 1. The molecule has 3 fully saturated rings. The number of carboxylic acids is 1. The SMILES string of the molecule is O=C(NC(C(=O)O)C12CC(c3ccc(Cl)cc3)(C1)C2)OCC1c2ccccc2-c2ccccc21. The summed E-state index contributed by atoms with van der Waals surface area (Å²) in [5.41, 5.74) is 5.31. The van der Waals surface area contributed by atoms with E-state index >= 15 is 0 Å². The Morgan fingerprint density at radius 2 is 1.50 bits per heavy atom. The van der Waals surface area contributed by atoms with Crippen molar-refractivity contribution in [3.63, 3.8) is 0 Å². The Morgan fingerprint density at radius 1 is 0.941 bits per heavy atom. The van der Waals surface area contributed by atoms with Gasteiger partial charge in [-0.1, -0.05) is 72.3 Å². The summed E-state index contributed by atoms with van der Waals surface area (Å²) in [6.07, 6.45) is 1.53. The number of carboxylic acid groups (broad SMARTS) is 1. The van der Waals surface area contributed by atoms with Crippen LogP contribution in [-0.4, -0.2) is 29.8 Å². The number of alkyl carbamates (subject to hydrolysis) is 1. The molecule has 0 heterocycles. The molecule has 0 aliphatic heterocycles. The van der Waals surface area contributed by atoms with E-state index in [1.54, 1.807) is 0 Å². The van der Waals surface area contributed by atoms with Crippen LogP contribution in [0.25, 0.3) is 11.1 Å². The second kappa shape index (κ2) is 7.60. The van der Waals surface area contributed by atoms with Crippen molar-refractivity contribution >= 4 is 23.7 Å². The highest BCUT2D eigenvalue weighted by molar-refractivity contribution is 6.30. The molecule has 34 heavy (non-hydrogen) atoms. The van der Waals surface area contributed by atoms with Crippen LogP contribution in [0.1, 0.15) is 41.9 Å². The van der Waals surface area contributed by atoms with Crippen molar-refractivity contribution in [1.29, 1.82) is 0 Å². The molecule has 7 rings (SSSR count). The largest absolute Gasteiger partial charge is 0.480 e. The second-order valence-corrected chi connectivity index (χ2v) is 10.4. The van der Waals surface area contributed by atoms with E-state index in [4.69, 9.17) is 16.3 Å². The van der Waals surface area contributed by atoms with Gasteiger partial charge in [-0.05, 0) is 64.6 Å². The lowest BCUT2D eigenvalue weighted by Gasteiger charge is -2.72. The summed E-state index contributed by atoms with van der Waals surface area (Å²) in [6.45, 7) is 0.161. The molecule has 0 spiro atoms. The van der Waals surface area contributed by atoms with Gasteiger partial charge in [0, 0.05) is 16.4 Å². The molecule has 0 radical (unpaired) electrons. The first-order valence-corrected chi connectivity index (χ1v) is 11.9. The fourth-order valence-electron chi connectivity index (χ4n) is 6.52. The van der Waals surface area contributed by atoms with Gasteiger partial charge in [-0.15, -0.1) is 0 Å². The minimum Gasteiger partial charge on any atom is -0.480 e. The molecule has 0 aromatic heterocycles. The van der Waals surface area contributed by atoms with Crippen molar-refractivity contribution in [3.05, 3.63) is 94.5 Å². The van der Waals surface area contributed by atoms with Crippen LogP contribution in [-0.2, 0) is 14.9 Å². The number of hydrogen-bond donors (Lipinski definition) is 2. The number of carbonyl (C=O) groups is 2. The first-order chi connectivity index (χ1) is 16.4. The van der Waals surface area contributed by atoms with E-state index in [0.29, 0.717) is 5.02 Å². The summed E-state index contributed by atoms with van der Waals surface area (Å²) in [6, 6.07) is 23.0. The number of halogens is 1. The Kier molecular flexibility index (Phi) is 4.75. The van der Waals surface area contributed by atoms with Gasteiger partial charge >= 0.3 is 12.1 Å². The van der Waals surface area contributed by atoms with Crippen molar-refractivity contribution in [3.8, 4) is 11.1 Å². The molecule has 1 unspecified atom stereocenters. The topological polar surface area (TPSA) is 75.6 Å². The van der Waals surface area contributed by atoms with Gasteiger partial charge < -0.3 is 15.2 Å². The molecule has 3 aromatic carbocycles. The zero-order chi connectivity index (χ0) is 23.5. The number of ether oxygens (including phenoxy) is 1. The molecular formula is C28H24ClNO4. The van der Waals surface area contributed by atoms with E-state index in [2.05, 4.69) is 29.6 Å². The minimum absolute atomic E-state index is 0.00113. The molecular weight excluding hydrogens is 450 g/mol. The fraction of sp³-hybridized carbons (Fsp3) is 0.286. The quantitative estimate of drug-likeness (QED) is 0.477. The predicted octanol–water partition coefficient (Wildman–Crippen LogP) is 5.75. The average molecular weight is 474 g/mol. The lowest BCUT2D eigenvalue weighted by Crippen LogP contribution is -2.73. The van der Waals surface area contributed by atoms with Gasteiger partial charge in [-0.2, -0.15) is 0 Å². The molecule has 4 aliphatic carbocycles. The standard InChI is InChI=1S/C28H24ClNO4/c29-18-11-9-17(10-12-18)27-14-28(15-27,16-27)24(25(31)32)30-26(33)34-13-23-21-7-3-1-5-19(21)20-6-2-4-8-22(20)23/h1-12,23-24H,13-16H2,(H,30,33)(H,31,32). The zero-order valence-corrected chi connectivity index (χ0v) is 19.2. The summed E-state index contributed by atoms with van der Waals surface area (Å²) in [7, 11) is 0. The molecule has 1 atom stereocenters. The molecule has 172 valence electrons. The number of fused-ring (bicyclic) bond motifs is 3. The Balaban J connectivity index is 1.12. The van der Waals surface area contributed by atoms with Crippen molar-refractivity contribution in [2.75, 3.05) is 6.61 Å². The van der Waals surface area contributed by atoms with Gasteiger partial charge in [0.1, 0.15) is 12.6 Å². The average Bonchev–Trinajstić information content (AvgIpc) is 3.10. The van der Waals surface area contributed by atoms with E-state index in [9.17, 15) is 14.7 Å². The van der Waals surface area contributed by atoms with Crippen molar-refractivity contribution in [2.45, 2.75) is 36.6 Å². The molecule has 2 bridgehead atoms. The third-order valence-electron chi connectivity index (χ3n) is 7.99. The number of rotatable bonds is 6. The Labute approximate surface area is 202 Å². The highest BCUT2D eigenvalue weighted by atomic mass is 35.5. The molecule has 4 aliphatic rings. The molecule has 1 amide bonds. The number of benzene rings is 3. The van der Waals surface area contributed by atoms with Crippen LogP contribution in [0.2, 0.25) is 5.02 Å². The Morgan fingerprint density at radius 3 is 2.06 bits per heavy atom. The first-order valence-electron chi connectivity index (χ1n) is 11.5. The van der Waals surface area contributed by atoms with Crippen molar-refractivity contribution in [1.82, 2.24) is 5.32 Å². The summed E-state index contributed by atoms with van der Waals surface area (Å²) in [4.78, 5) is 24.8. The predicted molar refractivity (Wildman–Crippen MR) is 129 cm³/mol. The monoisotopic (exact) mass is 473 g/mol. The van der Waals surface area contributed by atoms with Gasteiger partial charge in [0.05, 0.1) is 0 Å².